The van der Waals surface area contributed by atoms with Crippen LogP contribution in [0.25, 0.3) is 0 Å². The largest absolute Gasteiger partial charge is 0.481 e. The number of carbonyl (C=O) groups excluding carboxylic acids is 1. The van der Waals surface area contributed by atoms with Crippen molar-refractivity contribution in [2.45, 2.75) is 39.2 Å². The highest BCUT2D eigenvalue weighted by molar-refractivity contribution is 5.71. The summed E-state index contributed by atoms with van der Waals surface area (Å²) in [7, 11) is 0. The minimum atomic E-state index is -0.949. The average Bonchev–Trinajstić information content (AvgIpc) is 2.36. The number of carboxylic acids is 1. The number of esters is 1. The summed E-state index contributed by atoms with van der Waals surface area (Å²) in [5.41, 5.74) is 1.07. The van der Waals surface area contributed by atoms with E-state index < -0.39 is 12.1 Å². The van der Waals surface area contributed by atoms with Crippen molar-refractivity contribution in [2.75, 3.05) is 0 Å². The zero-order chi connectivity index (χ0) is 14.3. The van der Waals surface area contributed by atoms with Gasteiger partial charge in [0.15, 0.2) is 0 Å². The Kier molecular flexibility index (Phi) is 6.06. The van der Waals surface area contributed by atoms with E-state index in [0.29, 0.717) is 6.42 Å². The van der Waals surface area contributed by atoms with E-state index in [-0.39, 0.29) is 24.7 Å². The van der Waals surface area contributed by atoms with E-state index >= 15 is 0 Å². The van der Waals surface area contributed by atoms with E-state index in [4.69, 9.17) is 9.84 Å². The lowest BCUT2D eigenvalue weighted by atomic mass is 10.0. The van der Waals surface area contributed by atoms with Gasteiger partial charge < -0.3 is 9.84 Å². The molecule has 0 aliphatic rings. The molecule has 0 unspecified atom stereocenters. The van der Waals surface area contributed by atoms with Crippen LogP contribution in [0.4, 0.5) is 0 Å². The van der Waals surface area contributed by atoms with Gasteiger partial charge in [0.2, 0.25) is 0 Å². The van der Waals surface area contributed by atoms with Crippen molar-refractivity contribution < 1.29 is 19.4 Å². The minimum absolute atomic E-state index is 0.00299. The van der Waals surface area contributed by atoms with Gasteiger partial charge in [0, 0.05) is 6.42 Å². The van der Waals surface area contributed by atoms with Gasteiger partial charge in [-0.25, -0.2) is 0 Å². The molecule has 19 heavy (non-hydrogen) atoms. The third-order valence-corrected chi connectivity index (χ3v) is 2.86. The van der Waals surface area contributed by atoms with Crippen LogP contribution in [0.1, 0.15) is 32.3 Å². The Balaban J connectivity index is 2.42. The van der Waals surface area contributed by atoms with E-state index in [1.54, 1.807) is 0 Å². The maximum atomic E-state index is 11.7. The molecule has 1 aromatic carbocycles. The third kappa shape index (κ3) is 6.04. The van der Waals surface area contributed by atoms with Crippen LogP contribution in [0.5, 0.6) is 0 Å². The summed E-state index contributed by atoms with van der Waals surface area (Å²) < 4.78 is 5.22. The second kappa shape index (κ2) is 7.56. The van der Waals surface area contributed by atoms with Crippen molar-refractivity contribution in [2.24, 2.45) is 5.92 Å². The summed E-state index contributed by atoms with van der Waals surface area (Å²) in [5, 5.41) is 8.76. The monoisotopic (exact) mass is 264 g/mol. The molecule has 0 spiro atoms. The van der Waals surface area contributed by atoms with Gasteiger partial charge in [-0.05, 0) is 17.9 Å². The molecule has 4 nitrogen and oxygen atoms in total. The first kappa shape index (κ1) is 15.2. The molecule has 0 aliphatic carbocycles. The lowest BCUT2D eigenvalue weighted by Crippen LogP contribution is -2.26. The third-order valence-electron chi connectivity index (χ3n) is 2.86. The fraction of sp³-hybridized carbons (Fsp3) is 0.467. The first-order valence-corrected chi connectivity index (χ1v) is 6.44. The van der Waals surface area contributed by atoms with Gasteiger partial charge in [-0.2, -0.15) is 0 Å². The molecule has 0 aliphatic heterocycles. The number of aliphatic carboxylic acids is 1. The number of aryl methyl sites for hydroxylation is 1. The highest BCUT2D eigenvalue weighted by atomic mass is 16.5. The molecule has 4 heteroatoms. The highest BCUT2D eigenvalue weighted by Crippen LogP contribution is 2.13. The molecule has 0 saturated heterocycles. The second-order valence-electron chi connectivity index (χ2n) is 4.86. The Labute approximate surface area is 113 Å². The van der Waals surface area contributed by atoms with E-state index in [0.717, 1.165) is 5.56 Å². The van der Waals surface area contributed by atoms with E-state index in [1.807, 2.05) is 44.2 Å². The lowest BCUT2D eigenvalue weighted by molar-refractivity contribution is -0.155. The number of rotatable bonds is 7. The number of hydrogen-bond donors (Lipinski definition) is 1. The number of benzene rings is 1. The summed E-state index contributed by atoms with van der Waals surface area (Å²) in [6.07, 6.45) is 0.180. The second-order valence-corrected chi connectivity index (χ2v) is 4.86. The molecule has 0 bridgehead atoms. The van der Waals surface area contributed by atoms with Crippen LogP contribution in [-0.2, 0) is 20.7 Å². The van der Waals surface area contributed by atoms with Gasteiger partial charge in [-0.1, -0.05) is 44.2 Å². The molecule has 1 aromatic rings. The number of hydrogen-bond acceptors (Lipinski definition) is 3. The Bertz CT molecular complexity index is 411. The maximum absolute atomic E-state index is 11.7. The predicted octanol–water partition coefficient (Wildman–Crippen LogP) is 2.66. The summed E-state index contributed by atoms with van der Waals surface area (Å²) in [6.45, 7) is 3.69. The van der Waals surface area contributed by atoms with Crippen LogP contribution in [0.2, 0.25) is 0 Å². The number of carboxylic acid groups (broad SMARTS) is 1. The van der Waals surface area contributed by atoms with Crippen molar-refractivity contribution in [3.05, 3.63) is 35.9 Å². The zero-order valence-corrected chi connectivity index (χ0v) is 11.3. The number of ether oxygens (including phenoxy) is 1. The average molecular weight is 264 g/mol. The Morgan fingerprint density at radius 1 is 1.21 bits per heavy atom. The first-order valence-electron chi connectivity index (χ1n) is 6.44. The highest BCUT2D eigenvalue weighted by Gasteiger charge is 2.21. The zero-order valence-electron chi connectivity index (χ0n) is 11.3. The van der Waals surface area contributed by atoms with Crippen LogP contribution < -0.4 is 0 Å². The van der Waals surface area contributed by atoms with Crippen LogP contribution in [-0.4, -0.2) is 23.1 Å². The lowest BCUT2D eigenvalue weighted by Gasteiger charge is -2.19. The van der Waals surface area contributed by atoms with Crippen molar-refractivity contribution in [1.29, 1.82) is 0 Å². The smallest absolute Gasteiger partial charge is 0.307 e. The fourth-order valence-corrected chi connectivity index (χ4v) is 1.70. The molecule has 1 N–H and O–H groups in total. The van der Waals surface area contributed by atoms with Crippen LogP contribution in [0.15, 0.2) is 30.3 Å². The Morgan fingerprint density at radius 3 is 2.37 bits per heavy atom. The van der Waals surface area contributed by atoms with E-state index in [2.05, 4.69) is 0 Å². The molecular weight excluding hydrogens is 244 g/mol. The quantitative estimate of drug-likeness (QED) is 0.769. The van der Waals surface area contributed by atoms with Crippen LogP contribution in [0, 0.1) is 5.92 Å². The Morgan fingerprint density at radius 2 is 1.84 bits per heavy atom. The maximum Gasteiger partial charge on any atom is 0.307 e. The van der Waals surface area contributed by atoms with Crippen molar-refractivity contribution in [3.8, 4) is 0 Å². The van der Waals surface area contributed by atoms with Crippen molar-refractivity contribution in [3.63, 3.8) is 0 Å². The SMILES string of the molecule is CC(C)[C@H](CC(=O)O)OC(=O)CCc1ccccc1. The molecule has 0 saturated carbocycles. The topological polar surface area (TPSA) is 63.6 Å². The van der Waals surface area contributed by atoms with Crippen molar-refractivity contribution >= 4 is 11.9 Å². The summed E-state index contributed by atoms with van der Waals surface area (Å²) >= 11 is 0. The van der Waals surface area contributed by atoms with Gasteiger partial charge in [0.25, 0.3) is 0 Å². The van der Waals surface area contributed by atoms with Gasteiger partial charge in [-0.15, -0.1) is 0 Å². The molecular formula is C15H20O4. The molecule has 0 fully saturated rings. The van der Waals surface area contributed by atoms with Gasteiger partial charge in [-0.3, -0.25) is 9.59 Å². The Hall–Kier alpha value is -1.84. The molecule has 0 heterocycles. The standard InChI is InChI=1S/C15H20O4/c1-11(2)13(10-14(16)17)19-15(18)9-8-12-6-4-3-5-7-12/h3-7,11,13H,8-10H2,1-2H3,(H,16,17)/t13-/m0/s1. The molecule has 104 valence electrons. The van der Waals surface area contributed by atoms with Gasteiger partial charge in [0.1, 0.15) is 6.10 Å². The summed E-state index contributed by atoms with van der Waals surface area (Å²) in [4.78, 5) is 22.4. The van der Waals surface area contributed by atoms with Gasteiger partial charge >= 0.3 is 11.9 Å². The normalized spacial score (nSPS) is 12.2. The van der Waals surface area contributed by atoms with Gasteiger partial charge in [0.05, 0.1) is 6.42 Å². The summed E-state index contributed by atoms with van der Waals surface area (Å²) in [6, 6.07) is 9.66. The predicted molar refractivity (Wildman–Crippen MR) is 71.7 cm³/mol. The first-order chi connectivity index (χ1) is 8.99. The molecule has 1 rings (SSSR count). The minimum Gasteiger partial charge on any atom is -0.481 e. The van der Waals surface area contributed by atoms with Crippen LogP contribution in [0.3, 0.4) is 0 Å². The van der Waals surface area contributed by atoms with Crippen LogP contribution >= 0.6 is 0 Å². The molecule has 0 amide bonds. The van der Waals surface area contributed by atoms with E-state index in [9.17, 15) is 9.59 Å². The number of carbonyl (C=O) groups is 2. The summed E-state index contributed by atoms with van der Waals surface area (Å²) in [5.74, 6) is -1.30. The fourth-order valence-electron chi connectivity index (χ4n) is 1.70. The van der Waals surface area contributed by atoms with E-state index in [1.165, 1.54) is 0 Å². The van der Waals surface area contributed by atoms with Crippen molar-refractivity contribution in [1.82, 2.24) is 0 Å². The molecule has 0 aromatic heterocycles. The molecule has 1 atom stereocenters. The molecule has 0 radical (unpaired) electrons.